The van der Waals surface area contributed by atoms with Crippen molar-refractivity contribution >= 4 is 7.60 Å². The van der Waals surface area contributed by atoms with Crippen molar-refractivity contribution in [3.8, 4) is 11.1 Å². The fourth-order valence-corrected chi connectivity index (χ4v) is 4.54. The van der Waals surface area contributed by atoms with Gasteiger partial charge in [-0.15, -0.1) is 0 Å². The largest absolute Gasteiger partial charge is 0.472 e. The maximum Gasteiger partial charge on any atom is 0.325 e. The number of furan rings is 1. The number of nitrogens with one attached hydrogen (secondary N) is 1. The Hall–Kier alpha value is -2.31. The molecule has 0 radical (unpaired) electrons. The highest BCUT2D eigenvalue weighted by Gasteiger charge is 2.14. The average Bonchev–Trinajstić information content (AvgIpc) is 3.32. The van der Waals surface area contributed by atoms with E-state index in [0.717, 1.165) is 60.8 Å². The standard InChI is InChI=1S/C26H32F2NO4P/c27-24-10-8-20(9-11-24)6-3-1-2-4-7-21-17-26(28)23(16-25(21)22-12-14-33-19-22)18-29-13-5-15-34(30,31)32/h8-12,14,16-17,19,29H,1-7,13,15,18H2,(H2,30,31,32). The van der Waals surface area contributed by atoms with E-state index in [1.807, 2.05) is 24.3 Å². The minimum Gasteiger partial charge on any atom is -0.472 e. The van der Waals surface area contributed by atoms with Crippen molar-refractivity contribution in [1.82, 2.24) is 5.32 Å². The van der Waals surface area contributed by atoms with E-state index in [1.54, 1.807) is 18.6 Å². The lowest BCUT2D eigenvalue weighted by Crippen LogP contribution is -2.17. The smallest absolute Gasteiger partial charge is 0.325 e. The van der Waals surface area contributed by atoms with Crippen LogP contribution in [0.25, 0.3) is 11.1 Å². The monoisotopic (exact) mass is 491 g/mol. The summed E-state index contributed by atoms with van der Waals surface area (Å²) in [5.41, 5.74) is 4.41. The quantitative estimate of drug-likeness (QED) is 0.184. The molecule has 0 spiro atoms. The van der Waals surface area contributed by atoms with Gasteiger partial charge in [0.25, 0.3) is 0 Å². The summed E-state index contributed by atoms with van der Waals surface area (Å²) in [5.74, 6) is -0.507. The normalized spacial score (nSPS) is 11.8. The predicted molar refractivity (Wildman–Crippen MR) is 130 cm³/mol. The van der Waals surface area contributed by atoms with Gasteiger partial charge in [0.05, 0.1) is 18.7 Å². The van der Waals surface area contributed by atoms with E-state index in [4.69, 9.17) is 14.2 Å². The van der Waals surface area contributed by atoms with Crippen molar-refractivity contribution in [3.63, 3.8) is 0 Å². The van der Waals surface area contributed by atoms with Crippen LogP contribution >= 0.6 is 7.60 Å². The molecule has 34 heavy (non-hydrogen) atoms. The first-order valence-corrected chi connectivity index (χ1v) is 13.5. The van der Waals surface area contributed by atoms with E-state index >= 15 is 0 Å². The van der Waals surface area contributed by atoms with E-state index in [9.17, 15) is 13.3 Å². The molecule has 0 aliphatic rings. The molecular formula is C26H32F2NO4P. The topological polar surface area (TPSA) is 82.7 Å². The zero-order chi connectivity index (χ0) is 24.4. The van der Waals surface area contributed by atoms with Gasteiger partial charge in [-0.1, -0.05) is 25.0 Å². The first kappa shape index (κ1) is 26.3. The second-order valence-electron chi connectivity index (χ2n) is 8.57. The minimum absolute atomic E-state index is 0.189. The van der Waals surface area contributed by atoms with Crippen molar-refractivity contribution in [2.75, 3.05) is 12.7 Å². The van der Waals surface area contributed by atoms with E-state index in [1.165, 1.54) is 12.1 Å². The van der Waals surface area contributed by atoms with Crippen molar-refractivity contribution in [2.45, 2.75) is 51.5 Å². The van der Waals surface area contributed by atoms with Gasteiger partial charge in [0, 0.05) is 17.7 Å². The van der Waals surface area contributed by atoms with Gasteiger partial charge in [0.15, 0.2) is 0 Å². The third-order valence-electron chi connectivity index (χ3n) is 5.80. The number of unbranched alkanes of at least 4 members (excludes halogenated alkanes) is 3. The Bertz CT molecular complexity index is 1070. The molecule has 3 aromatic rings. The zero-order valence-corrected chi connectivity index (χ0v) is 20.1. The Morgan fingerprint density at radius 2 is 1.62 bits per heavy atom. The first-order chi connectivity index (χ1) is 16.3. The fraction of sp³-hybridized carbons (Fsp3) is 0.385. The Morgan fingerprint density at radius 3 is 2.29 bits per heavy atom. The number of hydrogen-bond acceptors (Lipinski definition) is 3. The molecule has 3 N–H and O–H groups in total. The molecule has 0 bridgehead atoms. The summed E-state index contributed by atoms with van der Waals surface area (Å²) >= 11 is 0. The maximum absolute atomic E-state index is 14.8. The van der Waals surface area contributed by atoms with Crippen LogP contribution in [0.2, 0.25) is 0 Å². The Kier molecular flexibility index (Phi) is 10.0. The van der Waals surface area contributed by atoms with Crippen LogP contribution in [0.15, 0.2) is 59.4 Å². The molecule has 0 aliphatic heterocycles. The van der Waals surface area contributed by atoms with Gasteiger partial charge in [-0.25, -0.2) is 8.78 Å². The molecule has 1 aromatic heterocycles. The van der Waals surface area contributed by atoms with Gasteiger partial charge in [0.2, 0.25) is 0 Å². The molecule has 2 aromatic carbocycles. The highest BCUT2D eigenvalue weighted by Crippen LogP contribution is 2.34. The van der Waals surface area contributed by atoms with Crippen LogP contribution in [0, 0.1) is 11.6 Å². The molecular weight excluding hydrogens is 459 g/mol. The van der Waals surface area contributed by atoms with Gasteiger partial charge in [-0.05, 0) is 85.7 Å². The minimum atomic E-state index is -4.01. The van der Waals surface area contributed by atoms with E-state index in [0.29, 0.717) is 18.5 Å². The summed E-state index contributed by atoms with van der Waals surface area (Å²) in [5, 5.41) is 3.06. The number of hydrogen-bond donors (Lipinski definition) is 3. The van der Waals surface area contributed by atoms with Crippen LogP contribution < -0.4 is 5.32 Å². The zero-order valence-electron chi connectivity index (χ0n) is 19.2. The first-order valence-electron chi connectivity index (χ1n) is 11.7. The Labute approximate surface area is 199 Å². The van der Waals surface area contributed by atoms with E-state index in [-0.39, 0.29) is 24.3 Å². The molecule has 0 saturated carbocycles. The lowest BCUT2D eigenvalue weighted by Gasteiger charge is -2.13. The van der Waals surface area contributed by atoms with Crippen molar-refractivity contribution in [1.29, 1.82) is 0 Å². The molecule has 0 aliphatic carbocycles. The molecule has 1 heterocycles. The summed E-state index contributed by atoms with van der Waals surface area (Å²) in [6.45, 7) is 0.673. The third kappa shape index (κ3) is 8.80. The summed E-state index contributed by atoms with van der Waals surface area (Å²) in [6.07, 6.45) is 9.10. The van der Waals surface area contributed by atoms with Crippen LogP contribution in [-0.4, -0.2) is 22.5 Å². The van der Waals surface area contributed by atoms with Crippen LogP contribution in [0.4, 0.5) is 8.78 Å². The van der Waals surface area contributed by atoms with Crippen LogP contribution in [0.5, 0.6) is 0 Å². The molecule has 0 amide bonds. The average molecular weight is 492 g/mol. The van der Waals surface area contributed by atoms with E-state index < -0.39 is 7.60 Å². The highest BCUT2D eigenvalue weighted by molar-refractivity contribution is 7.51. The van der Waals surface area contributed by atoms with Gasteiger partial charge < -0.3 is 19.5 Å². The van der Waals surface area contributed by atoms with Crippen molar-refractivity contribution < 1.29 is 27.5 Å². The Morgan fingerprint density at radius 1 is 0.882 bits per heavy atom. The lowest BCUT2D eigenvalue weighted by atomic mass is 9.94. The van der Waals surface area contributed by atoms with Gasteiger partial charge in [-0.3, -0.25) is 4.57 Å². The molecule has 3 rings (SSSR count). The summed E-state index contributed by atoms with van der Waals surface area (Å²) < 4.78 is 44.0. The van der Waals surface area contributed by atoms with E-state index in [2.05, 4.69) is 5.32 Å². The van der Waals surface area contributed by atoms with Gasteiger partial charge in [-0.2, -0.15) is 0 Å². The van der Waals surface area contributed by atoms with Crippen LogP contribution in [-0.2, 0) is 24.0 Å². The maximum atomic E-state index is 14.8. The second kappa shape index (κ2) is 13.0. The predicted octanol–water partition coefficient (Wildman–Crippen LogP) is 6.23. The Balaban J connectivity index is 1.52. The number of halogens is 2. The summed E-state index contributed by atoms with van der Waals surface area (Å²) in [7, 11) is -4.01. The second-order valence-corrected chi connectivity index (χ2v) is 10.3. The fourth-order valence-electron chi connectivity index (χ4n) is 3.97. The molecule has 8 heteroatoms. The molecule has 0 atom stereocenters. The molecule has 5 nitrogen and oxygen atoms in total. The highest BCUT2D eigenvalue weighted by atomic mass is 31.2. The van der Waals surface area contributed by atoms with Gasteiger partial charge in [0.1, 0.15) is 11.6 Å². The SMILES string of the molecule is O=P(O)(O)CCCNCc1cc(-c2ccoc2)c(CCCCCCc2ccc(F)cc2)cc1F. The van der Waals surface area contributed by atoms with Gasteiger partial charge >= 0.3 is 7.60 Å². The molecule has 184 valence electrons. The van der Waals surface area contributed by atoms with Crippen molar-refractivity contribution in [3.05, 3.63) is 83.3 Å². The number of rotatable bonds is 14. The van der Waals surface area contributed by atoms with Crippen molar-refractivity contribution in [2.24, 2.45) is 0 Å². The molecule has 0 unspecified atom stereocenters. The lowest BCUT2D eigenvalue weighted by molar-refractivity contribution is 0.371. The number of benzene rings is 2. The van der Waals surface area contributed by atoms with Crippen LogP contribution in [0.1, 0.15) is 48.8 Å². The number of aryl methyl sites for hydroxylation is 2. The molecule has 0 fully saturated rings. The van der Waals surface area contributed by atoms with Crippen LogP contribution in [0.3, 0.4) is 0 Å². The third-order valence-corrected chi connectivity index (χ3v) is 6.70. The summed E-state index contributed by atoms with van der Waals surface area (Å²) in [6, 6.07) is 11.9. The molecule has 0 saturated heterocycles. The summed E-state index contributed by atoms with van der Waals surface area (Å²) in [4.78, 5) is 17.9.